The van der Waals surface area contributed by atoms with Crippen LogP contribution in [0, 0.1) is 0 Å². The SMILES string of the molecule is c1ccc2c(c1)CN(CN1COc3ccccc3C1)CO2. The molecule has 0 saturated heterocycles. The summed E-state index contributed by atoms with van der Waals surface area (Å²) in [6, 6.07) is 16.5. The predicted octanol–water partition coefficient (Wildman–Crippen LogP) is 2.65. The Hall–Kier alpha value is -2.04. The van der Waals surface area contributed by atoms with Crippen LogP contribution < -0.4 is 9.47 Å². The zero-order chi connectivity index (χ0) is 14.1. The lowest BCUT2D eigenvalue weighted by Crippen LogP contribution is -2.43. The van der Waals surface area contributed by atoms with Gasteiger partial charge < -0.3 is 9.47 Å². The van der Waals surface area contributed by atoms with Crippen LogP contribution in [0.4, 0.5) is 0 Å². The van der Waals surface area contributed by atoms with Gasteiger partial charge in [0.2, 0.25) is 0 Å². The molecule has 4 rings (SSSR count). The normalized spacial score (nSPS) is 18.3. The third kappa shape index (κ3) is 2.60. The Morgan fingerprint density at radius 2 is 1.19 bits per heavy atom. The minimum atomic E-state index is 0.634. The second-order valence-corrected chi connectivity index (χ2v) is 5.56. The third-order valence-corrected chi connectivity index (χ3v) is 3.94. The molecule has 4 nitrogen and oxygen atoms in total. The van der Waals surface area contributed by atoms with E-state index in [2.05, 4.69) is 34.1 Å². The molecule has 0 N–H and O–H groups in total. The first-order valence-electron chi connectivity index (χ1n) is 7.24. The van der Waals surface area contributed by atoms with E-state index in [0.29, 0.717) is 13.5 Å². The molecule has 108 valence electrons. The van der Waals surface area contributed by atoms with E-state index in [-0.39, 0.29) is 0 Å². The molecule has 4 heteroatoms. The highest BCUT2D eigenvalue weighted by Gasteiger charge is 2.22. The van der Waals surface area contributed by atoms with Crippen molar-refractivity contribution in [3.05, 3.63) is 59.7 Å². The van der Waals surface area contributed by atoms with Gasteiger partial charge in [-0.25, -0.2) is 0 Å². The van der Waals surface area contributed by atoms with Crippen molar-refractivity contribution in [1.29, 1.82) is 0 Å². The van der Waals surface area contributed by atoms with Crippen LogP contribution in [0.1, 0.15) is 11.1 Å². The number of benzene rings is 2. The van der Waals surface area contributed by atoms with Crippen LogP contribution in [0.3, 0.4) is 0 Å². The lowest BCUT2D eigenvalue weighted by atomic mass is 10.1. The van der Waals surface area contributed by atoms with E-state index in [0.717, 1.165) is 31.3 Å². The van der Waals surface area contributed by atoms with Crippen LogP contribution in [-0.4, -0.2) is 29.9 Å². The Bertz CT molecular complexity index is 589. The number of hydrogen-bond acceptors (Lipinski definition) is 4. The molecule has 2 aliphatic rings. The average molecular weight is 282 g/mol. The first-order chi connectivity index (χ1) is 10.4. The maximum absolute atomic E-state index is 5.81. The summed E-state index contributed by atoms with van der Waals surface area (Å²) in [6.07, 6.45) is 0. The van der Waals surface area contributed by atoms with Crippen LogP contribution in [0.2, 0.25) is 0 Å². The highest BCUT2D eigenvalue weighted by molar-refractivity contribution is 5.35. The number of para-hydroxylation sites is 2. The molecule has 2 aromatic carbocycles. The topological polar surface area (TPSA) is 24.9 Å². The van der Waals surface area contributed by atoms with Crippen LogP contribution in [0.5, 0.6) is 11.5 Å². The molecular weight excluding hydrogens is 264 g/mol. The maximum Gasteiger partial charge on any atom is 0.143 e. The summed E-state index contributed by atoms with van der Waals surface area (Å²) >= 11 is 0. The molecule has 21 heavy (non-hydrogen) atoms. The van der Waals surface area contributed by atoms with Gasteiger partial charge >= 0.3 is 0 Å². The Kier molecular flexibility index (Phi) is 3.25. The highest BCUT2D eigenvalue weighted by atomic mass is 16.5. The van der Waals surface area contributed by atoms with Crippen LogP contribution in [0.15, 0.2) is 48.5 Å². The Balaban J connectivity index is 1.42. The van der Waals surface area contributed by atoms with Crippen molar-refractivity contribution >= 4 is 0 Å². The molecule has 0 spiro atoms. The van der Waals surface area contributed by atoms with Crippen molar-refractivity contribution in [1.82, 2.24) is 9.80 Å². The molecule has 0 aliphatic carbocycles. The summed E-state index contributed by atoms with van der Waals surface area (Å²) in [5.74, 6) is 2.02. The molecule has 0 fully saturated rings. The highest BCUT2D eigenvalue weighted by Crippen LogP contribution is 2.27. The number of fused-ring (bicyclic) bond motifs is 2. The Morgan fingerprint density at radius 3 is 1.71 bits per heavy atom. The molecule has 0 amide bonds. The molecule has 0 atom stereocenters. The molecule has 0 radical (unpaired) electrons. The first kappa shape index (κ1) is 12.7. The van der Waals surface area contributed by atoms with Gasteiger partial charge in [-0.05, 0) is 12.1 Å². The van der Waals surface area contributed by atoms with E-state index in [1.165, 1.54) is 11.1 Å². The second kappa shape index (κ2) is 5.39. The van der Waals surface area contributed by atoms with Gasteiger partial charge in [-0.15, -0.1) is 0 Å². The number of hydrogen-bond donors (Lipinski definition) is 0. The molecule has 2 aliphatic heterocycles. The number of rotatable bonds is 2. The quantitative estimate of drug-likeness (QED) is 0.845. The van der Waals surface area contributed by atoms with Crippen LogP contribution in [-0.2, 0) is 13.1 Å². The van der Waals surface area contributed by atoms with Crippen molar-refractivity contribution in [2.45, 2.75) is 13.1 Å². The lowest BCUT2D eigenvalue weighted by Gasteiger charge is -2.35. The lowest BCUT2D eigenvalue weighted by molar-refractivity contribution is -0.00341. The molecule has 2 heterocycles. The van der Waals surface area contributed by atoms with Gasteiger partial charge in [-0.2, -0.15) is 0 Å². The van der Waals surface area contributed by atoms with E-state index in [4.69, 9.17) is 9.47 Å². The minimum absolute atomic E-state index is 0.634. The zero-order valence-corrected chi connectivity index (χ0v) is 11.9. The fourth-order valence-corrected chi connectivity index (χ4v) is 2.91. The summed E-state index contributed by atoms with van der Waals surface area (Å²) in [6.45, 7) is 3.97. The summed E-state index contributed by atoms with van der Waals surface area (Å²) in [5, 5.41) is 0. The molecule has 0 aromatic heterocycles. The van der Waals surface area contributed by atoms with Gasteiger partial charge in [0.25, 0.3) is 0 Å². The Morgan fingerprint density at radius 1 is 0.714 bits per heavy atom. The Labute approximate surface area is 124 Å². The van der Waals surface area contributed by atoms with Crippen molar-refractivity contribution in [3.8, 4) is 11.5 Å². The monoisotopic (exact) mass is 282 g/mol. The van der Waals surface area contributed by atoms with Crippen LogP contribution in [0.25, 0.3) is 0 Å². The van der Waals surface area contributed by atoms with Crippen molar-refractivity contribution in [2.75, 3.05) is 20.1 Å². The number of nitrogens with zero attached hydrogens (tertiary/aromatic N) is 2. The zero-order valence-electron chi connectivity index (χ0n) is 11.9. The van der Waals surface area contributed by atoms with Crippen molar-refractivity contribution in [3.63, 3.8) is 0 Å². The van der Waals surface area contributed by atoms with Crippen molar-refractivity contribution < 1.29 is 9.47 Å². The van der Waals surface area contributed by atoms with Crippen LogP contribution >= 0.6 is 0 Å². The number of ether oxygens (including phenoxy) is 2. The smallest absolute Gasteiger partial charge is 0.143 e. The van der Waals surface area contributed by atoms with E-state index in [9.17, 15) is 0 Å². The van der Waals surface area contributed by atoms with Gasteiger partial charge in [0.15, 0.2) is 0 Å². The van der Waals surface area contributed by atoms with Gasteiger partial charge in [0.1, 0.15) is 25.0 Å². The second-order valence-electron chi connectivity index (χ2n) is 5.56. The summed E-state index contributed by atoms with van der Waals surface area (Å²) in [4.78, 5) is 4.58. The molecular formula is C17H18N2O2. The van der Waals surface area contributed by atoms with E-state index < -0.39 is 0 Å². The molecule has 0 bridgehead atoms. The first-order valence-corrected chi connectivity index (χ1v) is 7.24. The summed E-state index contributed by atoms with van der Waals surface area (Å²) in [5.41, 5.74) is 2.50. The molecule has 0 unspecified atom stereocenters. The standard InChI is InChI=1S/C17H18N2O2/c1-3-7-16-14(5-1)9-18(12-20-16)11-19-10-15-6-2-4-8-17(15)21-13-19/h1-8H,9-13H2. The largest absolute Gasteiger partial charge is 0.478 e. The van der Waals surface area contributed by atoms with E-state index in [1.54, 1.807) is 0 Å². The fourth-order valence-electron chi connectivity index (χ4n) is 2.91. The van der Waals surface area contributed by atoms with Gasteiger partial charge in [0, 0.05) is 24.2 Å². The maximum atomic E-state index is 5.81. The van der Waals surface area contributed by atoms with Gasteiger partial charge in [-0.3, -0.25) is 9.80 Å². The summed E-state index contributed by atoms with van der Waals surface area (Å²) < 4.78 is 11.6. The van der Waals surface area contributed by atoms with E-state index in [1.807, 2.05) is 24.3 Å². The van der Waals surface area contributed by atoms with Gasteiger partial charge in [-0.1, -0.05) is 36.4 Å². The summed E-state index contributed by atoms with van der Waals surface area (Å²) in [7, 11) is 0. The van der Waals surface area contributed by atoms with Crippen molar-refractivity contribution in [2.24, 2.45) is 0 Å². The molecule has 0 saturated carbocycles. The van der Waals surface area contributed by atoms with E-state index >= 15 is 0 Å². The molecule has 2 aromatic rings. The van der Waals surface area contributed by atoms with Gasteiger partial charge in [0.05, 0.1) is 6.67 Å². The fraction of sp³-hybridized carbons (Fsp3) is 0.294. The minimum Gasteiger partial charge on any atom is -0.478 e. The third-order valence-electron chi connectivity index (χ3n) is 3.94. The average Bonchev–Trinajstić information content (AvgIpc) is 2.55. The predicted molar refractivity (Wildman–Crippen MR) is 79.8 cm³/mol.